The molecule has 2 fully saturated rings. The first-order valence-electron chi connectivity index (χ1n) is 35.4. The van der Waals surface area contributed by atoms with Gasteiger partial charge in [-0.05, 0) is 57.8 Å². The zero-order valence-electron chi connectivity index (χ0n) is 54.1. The maximum absolute atomic E-state index is 13.3. The molecule has 14 heteroatoms. The van der Waals surface area contributed by atoms with Gasteiger partial charge in [0.05, 0.1) is 32.0 Å². The van der Waals surface area contributed by atoms with Crippen molar-refractivity contribution in [2.45, 2.75) is 376 Å². The first kappa shape index (κ1) is 79.0. The predicted octanol–water partition coefficient (Wildman–Crippen LogP) is 14.3. The van der Waals surface area contributed by atoms with Crippen molar-refractivity contribution in [2.75, 3.05) is 19.8 Å². The Morgan fingerprint density at radius 3 is 1.19 bits per heavy atom. The van der Waals surface area contributed by atoms with Crippen molar-refractivity contribution in [1.29, 1.82) is 0 Å². The van der Waals surface area contributed by atoms with Crippen molar-refractivity contribution in [3.63, 3.8) is 0 Å². The van der Waals surface area contributed by atoms with Gasteiger partial charge in [-0.15, -0.1) is 0 Å². The van der Waals surface area contributed by atoms with E-state index in [0.29, 0.717) is 6.42 Å². The molecule has 0 aromatic heterocycles. The van der Waals surface area contributed by atoms with E-state index >= 15 is 0 Å². The van der Waals surface area contributed by atoms with Crippen LogP contribution in [0.5, 0.6) is 0 Å². The zero-order chi connectivity index (χ0) is 61.6. The van der Waals surface area contributed by atoms with E-state index in [9.17, 15) is 45.6 Å². The third-order valence-electron chi connectivity index (χ3n) is 17.3. The van der Waals surface area contributed by atoms with Gasteiger partial charge < -0.3 is 65.1 Å². The molecule has 2 heterocycles. The van der Waals surface area contributed by atoms with Crippen LogP contribution in [0.3, 0.4) is 0 Å². The molecule has 2 rings (SSSR count). The predicted molar refractivity (Wildman–Crippen MR) is 346 cm³/mol. The van der Waals surface area contributed by atoms with Gasteiger partial charge >= 0.3 is 0 Å². The van der Waals surface area contributed by atoms with Crippen LogP contribution in [0.4, 0.5) is 0 Å². The molecule has 1 amide bonds. The summed E-state index contributed by atoms with van der Waals surface area (Å²) in [4.78, 5) is 13.3. The van der Waals surface area contributed by atoms with Crippen LogP contribution < -0.4 is 5.32 Å². The van der Waals surface area contributed by atoms with Crippen LogP contribution in [0, 0.1) is 0 Å². The lowest BCUT2D eigenvalue weighted by Gasteiger charge is -2.46. The second-order valence-corrected chi connectivity index (χ2v) is 25.0. The molecule has 0 spiro atoms. The molecule has 498 valence electrons. The highest BCUT2D eigenvalue weighted by molar-refractivity contribution is 5.76. The van der Waals surface area contributed by atoms with Gasteiger partial charge in [-0.2, -0.15) is 0 Å². The lowest BCUT2D eigenvalue weighted by atomic mass is 9.97. The number of hydrogen-bond donors (Lipinski definition) is 9. The summed E-state index contributed by atoms with van der Waals surface area (Å²) in [5, 5.41) is 87.4. The summed E-state index contributed by atoms with van der Waals surface area (Å²) in [6.45, 7) is 2.82. The van der Waals surface area contributed by atoms with Crippen LogP contribution in [0.2, 0.25) is 0 Å². The average Bonchev–Trinajstić information content (AvgIpc) is 3.68. The van der Waals surface area contributed by atoms with Crippen LogP contribution >= 0.6 is 0 Å². The molecule has 12 unspecified atom stereocenters. The molecule has 0 radical (unpaired) electrons. The molecule has 0 saturated carbocycles. The van der Waals surface area contributed by atoms with Crippen molar-refractivity contribution in [3.8, 4) is 0 Å². The number of aliphatic hydroxyl groups is 8. The first-order chi connectivity index (χ1) is 41.6. The normalized spacial score (nSPS) is 23.8. The number of hydrogen-bond acceptors (Lipinski definition) is 13. The van der Waals surface area contributed by atoms with Gasteiger partial charge in [0.15, 0.2) is 12.6 Å². The molecule has 2 saturated heterocycles. The van der Waals surface area contributed by atoms with Crippen molar-refractivity contribution >= 4 is 5.91 Å². The van der Waals surface area contributed by atoms with E-state index in [0.717, 1.165) is 57.8 Å². The average molecular weight is 1210 g/mol. The molecular formula is C71H131NO13. The lowest BCUT2D eigenvalue weighted by Crippen LogP contribution is -2.65. The highest BCUT2D eigenvalue weighted by Crippen LogP contribution is 2.30. The smallest absolute Gasteiger partial charge is 0.220 e. The number of amides is 1. The fourth-order valence-electron chi connectivity index (χ4n) is 11.6. The van der Waals surface area contributed by atoms with Gasteiger partial charge in [0.1, 0.15) is 48.8 Å². The molecule has 2 aliphatic heterocycles. The summed E-state index contributed by atoms with van der Waals surface area (Å²) in [7, 11) is 0. The van der Waals surface area contributed by atoms with E-state index in [1.807, 2.05) is 6.08 Å². The Morgan fingerprint density at radius 2 is 0.776 bits per heavy atom. The zero-order valence-corrected chi connectivity index (χ0v) is 54.1. The van der Waals surface area contributed by atoms with Crippen molar-refractivity contribution in [1.82, 2.24) is 5.32 Å². The Hall–Kier alpha value is -2.05. The molecule has 2 aliphatic rings. The summed E-state index contributed by atoms with van der Waals surface area (Å²) in [6.07, 6.45) is 55.9. The minimum absolute atomic E-state index is 0.244. The molecule has 0 aliphatic carbocycles. The highest BCUT2D eigenvalue weighted by Gasteiger charge is 2.51. The summed E-state index contributed by atoms with van der Waals surface area (Å²) < 4.78 is 22.9. The first-order valence-corrected chi connectivity index (χ1v) is 35.4. The SMILES string of the molecule is CCCCCCC/C=C\C/C=C\C/C=C\CCCCCCCCCCC(=O)NC(COC1OC(CO)C(OC2OC(CO)C(O)C(O)C2O)C(O)C1O)C(O)/C=C/CCCCCCCCCCCCCCCCCCCCCCCCCCCC. The monoisotopic (exact) mass is 1210 g/mol. The number of carbonyl (C=O) groups is 1. The largest absolute Gasteiger partial charge is 0.394 e. The quantitative estimate of drug-likeness (QED) is 0.0204. The Balaban J connectivity index is 1.69. The standard InChI is InChI=1S/C71H131NO13/c1-3-5-7-9-11-13-15-17-19-21-23-25-27-28-29-30-31-33-34-36-38-40-42-44-46-48-50-52-54-60(75)59(58-82-70-68(81)66(79)69(62(57-74)84-70)85-71-67(80)65(78)64(77)61(56-73)83-71)72-63(76)55-53-51-49-47-45-43-41-39-37-35-32-26-24-22-20-18-16-14-12-10-8-6-4-2/h16,18,22,24,32,35,52,54,59-62,64-71,73-75,77-81H,3-15,17,19-21,23,25-31,33-34,36-51,53,55-58H2,1-2H3,(H,72,76)/b18-16-,24-22-,35-32-,54-52+. The Kier molecular flexibility index (Phi) is 52.1. The summed E-state index contributed by atoms with van der Waals surface area (Å²) in [6, 6.07) is -0.922. The van der Waals surface area contributed by atoms with Crippen molar-refractivity contribution in [3.05, 3.63) is 48.6 Å². The Labute approximate surface area is 518 Å². The molecular weight excluding hydrogens is 1070 g/mol. The number of rotatable bonds is 58. The molecule has 9 N–H and O–H groups in total. The second kappa shape index (κ2) is 56.0. The van der Waals surface area contributed by atoms with E-state index in [4.69, 9.17) is 18.9 Å². The summed E-state index contributed by atoms with van der Waals surface area (Å²) >= 11 is 0. The fourth-order valence-corrected chi connectivity index (χ4v) is 11.6. The van der Waals surface area contributed by atoms with Gasteiger partial charge in [0, 0.05) is 6.42 Å². The molecule has 0 aromatic carbocycles. The van der Waals surface area contributed by atoms with Gasteiger partial charge in [0.25, 0.3) is 0 Å². The van der Waals surface area contributed by atoms with Gasteiger partial charge in [-0.25, -0.2) is 0 Å². The van der Waals surface area contributed by atoms with E-state index in [1.165, 1.54) is 218 Å². The van der Waals surface area contributed by atoms with E-state index in [2.05, 4.69) is 55.6 Å². The van der Waals surface area contributed by atoms with Crippen molar-refractivity contribution < 1.29 is 64.6 Å². The lowest BCUT2D eigenvalue weighted by molar-refractivity contribution is -0.359. The van der Waals surface area contributed by atoms with Crippen LogP contribution in [0.15, 0.2) is 48.6 Å². The minimum Gasteiger partial charge on any atom is -0.394 e. The van der Waals surface area contributed by atoms with Gasteiger partial charge in [-0.1, -0.05) is 287 Å². The third kappa shape index (κ3) is 40.3. The summed E-state index contributed by atoms with van der Waals surface area (Å²) in [5.41, 5.74) is 0. The molecule has 85 heavy (non-hydrogen) atoms. The number of allylic oxidation sites excluding steroid dienone is 7. The van der Waals surface area contributed by atoms with Crippen LogP contribution in [0.1, 0.15) is 303 Å². The molecule has 12 atom stereocenters. The third-order valence-corrected chi connectivity index (χ3v) is 17.3. The molecule has 0 aromatic rings. The van der Waals surface area contributed by atoms with E-state index in [1.54, 1.807) is 6.08 Å². The fraction of sp³-hybridized carbons (Fsp3) is 0.873. The number of aliphatic hydroxyl groups excluding tert-OH is 8. The topological polar surface area (TPSA) is 228 Å². The van der Waals surface area contributed by atoms with Gasteiger partial charge in [0.2, 0.25) is 5.91 Å². The number of nitrogens with one attached hydrogen (secondary N) is 1. The van der Waals surface area contributed by atoms with Crippen LogP contribution in [-0.2, 0) is 23.7 Å². The maximum atomic E-state index is 13.3. The second-order valence-electron chi connectivity index (χ2n) is 25.0. The minimum atomic E-state index is -1.79. The number of unbranched alkanes of at least 4 members (excludes halogenated alkanes) is 39. The summed E-state index contributed by atoms with van der Waals surface area (Å²) in [5.74, 6) is -0.244. The maximum Gasteiger partial charge on any atom is 0.220 e. The Morgan fingerprint density at radius 1 is 0.424 bits per heavy atom. The van der Waals surface area contributed by atoms with Crippen LogP contribution in [-0.4, -0.2) is 140 Å². The van der Waals surface area contributed by atoms with Gasteiger partial charge in [-0.3, -0.25) is 4.79 Å². The van der Waals surface area contributed by atoms with E-state index < -0.39 is 86.8 Å². The molecule has 14 nitrogen and oxygen atoms in total. The Bertz CT molecular complexity index is 1610. The number of ether oxygens (including phenoxy) is 4. The van der Waals surface area contributed by atoms with E-state index in [-0.39, 0.29) is 18.9 Å². The highest BCUT2D eigenvalue weighted by atomic mass is 16.7. The number of carbonyl (C=O) groups excluding carboxylic acids is 1. The molecule has 0 bridgehead atoms. The van der Waals surface area contributed by atoms with Crippen molar-refractivity contribution in [2.24, 2.45) is 0 Å². The van der Waals surface area contributed by atoms with Crippen LogP contribution in [0.25, 0.3) is 0 Å².